The van der Waals surface area contributed by atoms with Crippen molar-refractivity contribution in [2.45, 2.75) is 32.1 Å². The Morgan fingerprint density at radius 2 is 1.93 bits per heavy atom. The molecule has 0 aromatic carbocycles. The molecule has 0 atom stereocenters. The first-order valence-corrected chi connectivity index (χ1v) is 4.85. The van der Waals surface area contributed by atoms with Crippen molar-refractivity contribution < 1.29 is 14.7 Å². The molecule has 3 N–H and O–H groups in total. The summed E-state index contributed by atoms with van der Waals surface area (Å²) < 4.78 is 0. The van der Waals surface area contributed by atoms with E-state index in [2.05, 4.69) is 0 Å². The SMILES string of the molecule is NCC1(C(=C=O)C(=O)O)CCCCC1. The van der Waals surface area contributed by atoms with E-state index in [4.69, 9.17) is 10.8 Å². The zero-order chi connectivity index (χ0) is 10.6. The topological polar surface area (TPSA) is 80.4 Å². The standard InChI is InChI=1S/C10H15NO3/c11-7-10(4-2-1-3-5-10)8(6-12)9(13)14/h1-5,7,11H2,(H,13,14). The predicted octanol–water partition coefficient (Wildman–Crippen LogP) is 0.738. The van der Waals surface area contributed by atoms with Gasteiger partial charge in [-0.3, -0.25) is 0 Å². The minimum absolute atomic E-state index is 0.167. The van der Waals surface area contributed by atoms with Crippen LogP contribution in [-0.2, 0) is 9.59 Å². The maximum Gasteiger partial charge on any atom is 0.343 e. The average Bonchev–Trinajstić information content (AvgIpc) is 2.19. The van der Waals surface area contributed by atoms with Crippen LogP contribution in [0.5, 0.6) is 0 Å². The number of carbonyl (C=O) groups is 1. The highest BCUT2D eigenvalue weighted by Crippen LogP contribution is 2.40. The van der Waals surface area contributed by atoms with Crippen molar-refractivity contribution in [3.63, 3.8) is 0 Å². The van der Waals surface area contributed by atoms with Crippen LogP contribution in [-0.4, -0.2) is 23.6 Å². The summed E-state index contributed by atoms with van der Waals surface area (Å²) >= 11 is 0. The summed E-state index contributed by atoms with van der Waals surface area (Å²) in [5, 5.41) is 8.87. The summed E-state index contributed by atoms with van der Waals surface area (Å²) in [5.74, 6) is 0.376. The fourth-order valence-electron chi connectivity index (χ4n) is 2.16. The molecule has 0 aliphatic heterocycles. The summed E-state index contributed by atoms with van der Waals surface area (Å²) in [6, 6.07) is 0. The van der Waals surface area contributed by atoms with E-state index in [1.165, 1.54) is 0 Å². The molecule has 1 rings (SSSR count). The summed E-state index contributed by atoms with van der Waals surface area (Å²) in [5.41, 5.74) is 4.80. The van der Waals surface area contributed by atoms with Crippen molar-refractivity contribution in [1.82, 2.24) is 0 Å². The van der Waals surface area contributed by atoms with Gasteiger partial charge in [0.2, 0.25) is 0 Å². The zero-order valence-electron chi connectivity index (χ0n) is 8.08. The highest BCUT2D eigenvalue weighted by Gasteiger charge is 2.39. The van der Waals surface area contributed by atoms with Crippen molar-refractivity contribution in [2.75, 3.05) is 6.54 Å². The van der Waals surface area contributed by atoms with Gasteiger partial charge in [0.1, 0.15) is 11.5 Å². The Balaban J connectivity index is 2.97. The summed E-state index contributed by atoms with van der Waals surface area (Å²) in [6.45, 7) is 0.226. The summed E-state index contributed by atoms with van der Waals surface area (Å²) in [4.78, 5) is 21.5. The molecule has 0 heterocycles. The zero-order valence-corrected chi connectivity index (χ0v) is 8.08. The Labute approximate surface area is 82.8 Å². The van der Waals surface area contributed by atoms with Gasteiger partial charge < -0.3 is 10.8 Å². The lowest BCUT2D eigenvalue weighted by molar-refractivity contribution is -0.134. The minimum Gasteiger partial charge on any atom is -0.477 e. The molecule has 0 unspecified atom stereocenters. The van der Waals surface area contributed by atoms with Gasteiger partial charge in [-0.1, -0.05) is 19.3 Å². The van der Waals surface area contributed by atoms with Crippen LogP contribution < -0.4 is 5.73 Å². The second-order valence-electron chi connectivity index (χ2n) is 3.83. The average molecular weight is 197 g/mol. The van der Waals surface area contributed by atoms with Crippen molar-refractivity contribution in [3.05, 3.63) is 5.57 Å². The number of carboxylic acids is 1. The predicted molar refractivity (Wildman–Crippen MR) is 51.4 cm³/mol. The van der Waals surface area contributed by atoms with E-state index in [-0.39, 0.29) is 12.1 Å². The highest BCUT2D eigenvalue weighted by molar-refractivity contribution is 5.97. The van der Waals surface area contributed by atoms with Crippen LogP contribution in [0.15, 0.2) is 5.57 Å². The third kappa shape index (κ3) is 1.86. The Morgan fingerprint density at radius 1 is 1.36 bits per heavy atom. The maximum atomic E-state index is 10.8. The minimum atomic E-state index is -1.17. The molecule has 1 aliphatic rings. The van der Waals surface area contributed by atoms with Gasteiger partial charge in [0.15, 0.2) is 0 Å². The molecule has 0 radical (unpaired) electrons. The van der Waals surface area contributed by atoms with Crippen molar-refractivity contribution >= 4 is 11.9 Å². The molecule has 0 bridgehead atoms. The van der Waals surface area contributed by atoms with Crippen molar-refractivity contribution in [3.8, 4) is 0 Å². The van der Waals surface area contributed by atoms with Gasteiger partial charge in [-0.2, -0.15) is 0 Å². The second kappa shape index (κ2) is 4.40. The summed E-state index contributed by atoms with van der Waals surface area (Å²) in [7, 11) is 0. The molecule has 0 saturated heterocycles. The highest BCUT2D eigenvalue weighted by atomic mass is 16.4. The normalized spacial score (nSPS) is 19.8. The molecule has 0 aromatic rings. The van der Waals surface area contributed by atoms with E-state index in [1.807, 2.05) is 0 Å². The Morgan fingerprint density at radius 3 is 2.29 bits per heavy atom. The van der Waals surface area contributed by atoms with Gasteiger partial charge in [-0.15, -0.1) is 0 Å². The van der Waals surface area contributed by atoms with Crippen LogP contribution in [0.4, 0.5) is 0 Å². The molecule has 1 aliphatic carbocycles. The molecule has 14 heavy (non-hydrogen) atoms. The fourth-order valence-corrected chi connectivity index (χ4v) is 2.16. The first-order valence-electron chi connectivity index (χ1n) is 4.85. The molecule has 0 amide bonds. The van der Waals surface area contributed by atoms with Crippen LogP contribution in [0.1, 0.15) is 32.1 Å². The molecule has 78 valence electrons. The van der Waals surface area contributed by atoms with Crippen LogP contribution >= 0.6 is 0 Å². The van der Waals surface area contributed by atoms with E-state index in [0.29, 0.717) is 12.8 Å². The van der Waals surface area contributed by atoms with Gasteiger partial charge in [0.25, 0.3) is 0 Å². The first kappa shape index (κ1) is 11.0. The van der Waals surface area contributed by atoms with E-state index >= 15 is 0 Å². The second-order valence-corrected chi connectivity index (χ2v) is 3.83. The van der Waals surface area contributed by atoms with Crippen LogP contribution in [0.3, 0.4) is 0 Å². The van der Waals surface area contributed by atoms with Crippen LogP contribution in [0, 0.1) is 5.41 Å². The first-order chi connectivity index (χ1) is 6.66. The van der Waals surface area contributed by atoms with Gasteiger partial charge in [0, 0.05) is 12.0 Å². The molecular formula is C10H15NO3. The number of hydrogen-bond donors (Lipinski definition) is 2. The molecule has 1 saturated carbocycles. The number of carbonyl (C=O) groups excluding carboxylic acids is 1. The van der Waals surface area contributed by atoms with Crippen molar-refractivity contribution in [1.29, 1.82) is 0 Å². The van der Waals surface area contributed by atoms with E-state index in [0.717, 1.165) is 19.3 Å². The number of nitrogens with two attached hydrogens (primary N) is 1. The lowest BCUT2D eigenvalue weighted by Crippen LogP contribution is -2.37. The third-order valence-electron chi connectivity index (χ3n) is 3.05. The lowest BCUT2D eigenvalue weighted by Gasteiger charge is -2.34. The number of hydrogen-bond acceptors (Lipinski definition) is 3. The van der Waals surface area contributed by atoms with Gasteiger partial charge in [0.05, 0.1) is 0 Å². The van der Waals surface area contributed by atoms with Crippen LogP contribution in [0.2, 0.25) is 0 Å². The van der Waals surface area contributed by atoms with Gasteiger partial charge >= 0.3 is 5.97 Å². The van der Waals surface area contributed by atoms with E-state index in [9.17, 15) is 9.59 Å². The molecule has 0 spiro atoms. The fraction of sp³-hybridized carbons (Fsp3) is 0.700. The van der Waals surface area contributed by atoms with E-state index in [1.54, 1.807) is 5.94 Å². The molecule has 4 heteroatoms. The molecule has 0 aromatic heterocycles. The molecule has 4 nitrogen and oxygen atoms in total. The largest absolute Gasteiger partial charge is 0.477 e. The van der Waals surface area contributed by atoms with Gasteiger partial charge in [-0.25, -0.2) is 9.59 Å². The third-order valence-corrected chi connectivity index (χ3v) is 3.05. The number of aliphatic carboxylic acids is 1. The maximum absolute atomic E-state index is 10.8. The number of carboxylic acid groups (broad SMARTS) is 1. The van der Waals surface area contributed by atoms with Crippen LogP contribution in [0.25, 0.3) is 0 Å². The molecule has 1 fully saturated rings. The quantitative estimate of drug-likeness (QED) is 0.516. The van der Waals surface area contributed by atoms with E-state index < -0.39 is 11.4 Å². The number of rotatable bonds is 3. The summed E-state index contributed by atoms with van der Waals surface area (Å²) in [6.07, 6.45) is 4.36. The van der Waals surface area contributed by atoms with Gasteiger partial charge in [-0.05, 0) is 12.8 Å². The monoisotopic (exact) mass is 197 g/mol. The van der Waals surface area contributed by atoms with Crippen molar-refractivity contribution in [2.24, 2.45) is 11.1 Å². The Hall–Kier alpha value is -1.12. The Bertz CT molecular complexity index is 273. The molecular weight excluding hydrogens is 182 g/mol. The Kier molecular flexibility index (Phi) is 3.44. The smallest absolute Gasteiger partial charge is 0.343 e. The lowest BCUT2D eigenvalue weighted by atomic mass is 9.69.